The largest absolute Gasteiger partial charge is 0.490 e. The van der Waals surface area contributed by atoms with Gasteiger partial charge in [-0.05, 0) is 88.7 Å². The number of carbonyl (C=O) groups is 1. The number of ether oxygens (including phenoxy) is 2. The molecule has 5 nitrogen and oxygen atoms in total. The lowest BCUT2D eigenvalue weighted by molar-refractivity contribution is -0.115. The van der Waals surface area contributed by atoms with Crippen LogP contribution >= 0.6 is 50.9 Å². The second-order valence-electron chi connectivity index (χ2n) is 7.10. The first-order valence-electron chi connectivity index (χ1n) is 10.3. The minimum atomic E-state index is -0.217. The van der Waals surface area contributed by atoms with Crippen molar-refractivity contribution >= 4 is 73.7 Å². The van der Waals surface area contributed by atoms with Gasteiger partial charge in [-0.3, -0.25) is 4.79 Å². The van der Waals surface area contributed by atoms with E-state index >= 15 is 0 Å². The highest BCUT2D eigenvalue weighted by Crippen LogP contribution is 2.39. The van der Waals surface area contributed by atoms with E-state index < -0.39 is 0 Å². The van der Waals surface area contributed by atoms with E-state index in [4.69, 9.17) is 32.7 Å². The zero-order chi connectivity index (χ0) is 24.1. The SMILES string of the molecule is CCOc1cc(/C=C2\SC(=Nc3ccc(Cl)cc3)NC2=O)cc(Br)c1OCc1ccccc1Cl. The molecule has 1 aliphatic rings. The van der Waals surface area contributed by atoms with Gasteiger partial charge in [0, 0.05) is 15.6 Å². The number of hydrogen-bond acceptors (Lipinski definition) is 5. The molecule has 3 aromatic rings. The first-order chi connectivity index (χ1) is 16.4. The van der Waals surface area contributed by atoms with Crippen LogP contribution in [0.4, 0.5) is 5.69 Å². The van der Waals surface area contributed by atoms with Crippen molar-refractivity contribution in [2.24, 2.45) is 4.99 Å². The van der Waals surface area contributed by atoms with Crippen molar-refractivity contribution in [3.05, 3.63) is 91.2 Å². The fourth-order valence-corrected chi connectivity index (χ4v) is 4.84. The second kappa shape index (κ2) is 11.3. The summed E-state index contributed by atoms with van der Waals surface area (Å²) in [5, 5.41) is 4.56. The highest BCUT2D eigenvalue weighted by Gasteiger charge is 2.24. The van der Waals surface area contributed by atoms with E-state index in [-0.39, 0.29) is 5.91 Å². The van der Waals surface area contributed by atoms with E-state index in [2.05, 4.69) is 26.2 Å². The molecule has 0 atom stereocenters. The van der Waals surface area contributed by atoms with Gasteiger partial charge in [0.15, 0.2) is 16.7 Å². The van der Waals surface area contributed by atoms with Crippen molar-refractivity contribution in [1.29, 1.82) is 0 Å². The molecule has 0 bridgehead atoms. The van der Waals surface area contributed by atoms with Gasteiger partial charge in [0.05, 0.1) is 21.7 Å². The van der Waals surface area contributed by atoms with Gasteiger partial charge in [-0.15, -0.1) is 0 Å². The lowest BCUT2D eigenvalue weighted by Gasteiger charge is -2.15. The molecular weight excluding hydrogens is 559 g/mol. The fourth-order valence-electron chi connectivity index (χ4n) is 3.10. The maximum atomic E-state index is 12.5. The van der Waals surface area contributed by atoms with Gasteiger partial charge >= 0.3 is 0 Å². The van der Waals surface area contributed by atoms with Gasteiger partial charge < -0.3 is 14.8 Å². The molecule has 9 heteroatoms. The van der Waals surface area contributed by atoms with Gasteiger partial charge in [0.1, 0.15) is 6.61 Å². The predicted octanol–water partition coefficient (Wildman–Crippen LogP) is 7.63. The van der Waals surface area contributed by atoms with Crippen LogP contribution in [0.2, 0.25) is 10.0 Å². The fraction of sp³-hybridized carbons (Fsp3) is 0.120. The molecule has 1 fully saturated rings. The van der Waals surface area contributed by atoms with Gasteiger partial charge in [0.25, 0.3) is 5.91 Å². The summed E-state index contributed by atoms with van der Waals surface area (Å²) in [4.78, 5) is 17.5. The minimum absolute atomic E-state index is 0.217. The third kappa shape index (κ3) is 6.16. The van der Waals surface area contributed by atoms with Crippen LogP contribution in [0, 0.1) is 0 Å². The quantitative estimate of drug-likeness (QED) is 0.293. The molecule has 174 valence electrons. The van der Waals surface area contributed by atoms with Crippen molar-refractivity contribution in [3.8, 4) is 11.5 Å². The van der Waals surface area contributed by atoms with Gasteiger partial charge in [-0.1, -0.05) is 41.4 Å². The van der Waals surface area contributed by atoms with Crippen LogP contribution in [-0.2, 0) is 11.4 Å². The van der Waals surface area contributed by atoms with Crippen LogP contribution in [0.15, 0.2) is 75.0 Å². The molecule has 0 aliphatic carbocycles. The standard InChI is InChI=1S/C25H19BrCl2N2O3S/c1-2-32-21-12-15(11-19(26)23(21)33-14-16-5-3-4-6-20(16)28)13-22-24(31)30-25(34-22)29-18-9-7-17(27)8-10-18/h3-13H,2,14H2,1H3,(H,29,30,31)/b22-13-. The molecule has 1 aliphatic heterocycles. The van der Waals surface area contributed by atoms with E-state index in [1.165, 1.54) is 11.8 Å². The molecule has 0 unspecified atom stereocenters. The Morgan fingerprint density at radius 1 is 1.09 bits per heavy atom. The molecule has 0 spiro atoms. The van der Waals surface area contributed by atoms with E-state index in [0.29, 0.717) is 55.0 Å². The lowest BCUT2D eigenvalue weighted by Crippen LogP contribution is -2.19. The van der Waals surface area contributed by atoms with Crippen LogP contribution in [0.5, 0.6) is 11.5 Å². The van der Waals surface area contributed by atoms with E-state index in [1.807, 2.05) is 43.3 Å². The number of nitrogens with zero attached hydrogens (tertiary/aromatic N) is 1. The molecule has 34 heavy (non-hydrogen) atoms. The molecule has 0 aromatic heterocycles. The molecule has 3 aromatic carbocycles. The summed E-state index contributed by atoms with van der Waals surface area (Å²) in [5.41, 5.74) is 2.36. The van der Waals surface area contributed by atoms with Crippen LogP contribution in [0.25, 0.3) is 6.08 Å². The minimum Gasteiger partial charge on any atom is -0.490 e. The summed E-state index contributed by atoms with van der Waals surface area (Å²) < 4.78 is 12.6. The van der Waals surface area contributed by atoms with Crippen molar-refractivity contribution in [2.45, 2.75) is 13.5 Å². The number of carbonyl (C=O) groups excluding carboxylic acids is 1. The molecule has 0 radical (unpaired) electrons. The molecule has 1 amide bonds. The van der Waals surface area contributed by atoms with Crippen LogP contribution in [-0.4, -0.2) is 17.7 Å². The van der Waals surface area contributed by atoms with Crippen molar-refractivity contribution < 1.29 is 14.3 Å². The molecular formula is C25H19BrCl2N2O3S. The molecule has 0 saturated carbocycles. The summed E-state index contributed by atoms with van der Waals surface area (Å²) >= 11 is 17.0. The Labute approximate surface area is 220 Å². The number of nitrogens with one attached hydrogen (secondary N) is 1. The summed E-state index contributed by atoms with van der Waals surface area (Å²) in [6.07, 6.45) is 1.79. The average Bonchev–Trinajstić information content (AvgIpc) is 3.14. The van der Waals surface area contributed by atoms with Gasteiger partial charge in [0.2, 0.25) is 0 Å². The number of amidine groups is 1. The Bertz CT molecular complexity index is 1280. The molecule has 4 rings (SSSR count). The Balaban J connectivity index is 1.56. The summed E-state index contributed by atoms with van der Waals surface area (Å²) in [7, 11) is 0. The molecule has 1 saturated heterocycles. The van der Waals surface area contributed by atoms with Gasteiger partial charge in [-0.2, -0.15) is 0 Å². The zero-order valence-corrected chi connectivity index (χ0v) is 21.9. The topological polar surface area (TPSA) is 59.9 Å². The number of amides is 1. The first kappa shape index (κ1) is 24.7. The Morgan fingerprint density at radius 3 is 2.59 bits per heavy atom. The third-order valence-electron chi connectivity index (χ3n) is 4.67. The number of aliphatic imine (C=N–C) groups is 1. The monoisotopic (exact) mass is 576 g/mol. The number of rotatable bonds is 7. The number of halogens is 3. The van der Waals surface area contributed by atoms with Crippen LogP contribution in [0.1, 0.15) is 18.1 Å². The molecule has 1 N–H and O–H groups in total. The highest BCUT2D eigenvalue weighted by molar-refractivity contribution is 9.10. The number of hydrogen-bond donors (Lipinski definition) is 1. The smallest absolute Gasteiger partial charge is 0.264 e. The predicted molar refractivity (Wildman–Crippen MR) is 143 cm³/mol. The maximum absolute atomic E-state index is 12.5. The molecule has 1 heterocycles. The Kier molecular flexibility index (Phi) is 8.21. The van der Waals surface area contributed by atoms with Crippen molar-refractivity contribution in [2.75, 3.05) is 6.61 Å². The van der Waals surface area contributed by atoms with Crippen molar-refractivity contribution in [3.63, 3.8) is 0 Å². The first-order valence-corrected chi connectivity index (χ1v) is 12.7. The number of thioether (sulfide) groups is 1. The summed E-state index contributed by atoms with van der Waals surface area (Å²) in [6.45, 7) is 2.65. The Hall–Kier alpha value is -2.45. The summed E-state index contributed by atoms with van der Waals surface area (Å²) in [6, 6.07) is 18.3. The second-order valence-corrected chi connectivity index (χ2v) is 9.83. The van der Waals surface area contributed by atoms with Crippen molar-refractivity contribution in [1.82, 2.24) is 5.32 Å². The summed E-state index contributed by atoms with van der Waals surface area (Å²) in [5.74, 6) is 0.914. The van der Waals surface area contributed by atoms with Crippen LogP contribution < -0.4 is 14.8 Å². The van der Waals surface area contributed by atoms with E-state index in [9.17, 15) is 4.79 Å². The average molecular weight is 578 g/mol. The highest BCUT2D eigenvalue weighted by atomic mass is 79.9. The Morgan fingerprint density at radius 2 is 1.85 bits per heavy atom. The third-order valence-corrected chi connectivity index (χ3v) is 6.79. The maximum Gasteiger partial charge on any atom is 0.264 e. The van der Waals surface area contributed by atoms with Gasteiger partial charge in [-0.25, -0.2) is 4.99 Å². The van der Waals surface area contributed by atoms with E-state index in [0.717, 1.165) is 11.1 Å². The van der Waals surface area contributed by atoms with Crippen LogP contribution in [0.3, 0.4) is 0 Å². The zero-order valence-electron chi connectivity index (χ0n) is 18.0. The lowest BCUT2D eigenvalue weighted by atomic mass is 10.1. The van der Waals surface area contributed by atoms with E-state index in [1.54, 1.807) is 30.3 Å². The number of benzene rings is 3. The normalized spacial score (nSPS) is 15.6.